The summed E-state index contributed by atoms with van der Waals surface area (Å²) in [4.78, 5) is 13.5. The molecule has 3 nitrogen and oxygen atoms in total. The van der Waals surface area contributed by atoms with E-state index in [1.165, 1.54) is 11.3 Å². The van der Waals surface area contributed by atoms with Gasteiger partial charge in [0, 0.05) is 5.38 Å². The van der Waals surface area contributed by atoms with Crippen LogP contribution in [0.1, 0.15) is 17.4 Å². The molecule has 4 heteroatoms. The largest absolute Gasteiger partial charge is 0.331 e. The van der Waals surface area contributed by atoms with Crippen molar-refractivity contribution in [3.8, 4) is 0 Å². The number of thiazole rings is 1. The Hall–Kier alpha value is -0.740. The summed E-state index contributed by atoms with van der Waals surface area (Å²) < 4.78 is 0. The lowest BCUT2D eigenvalue weighted by Crippen LogP contribution is -1.87. The predicted octanol–water partition coefficient (Wildman–Crippen LogP) is 0.921. The van der Waals surface area contributed by atoms with Gasteiger partial charge in [0.1, 0.15) is 5.69 Å². The number of carbonyl (C=O) groups is 1. The quantitative estimate of drug-likeness (QED) is 0.618. The van der Waals surface area contributed by atoms with Crippen LogP contribution in [-0.2, 0) is 0 Å². The molecule has 0 saturated heterocycles. The van der Waals surface area contributed by atoms with Gasteiger partial charge in [0.2, 0.25) is 0 Å². The molecule has 0 radical (unpaired) electrons. The molecule has 0 amide bonds. The molecule has 0 bridgehead atoms. The van der Waals surface area contributed by atoms with Crippen molar-refractivity contribution < 1.29 is 4.79 Å². The van der Waals surface area contributed by atoms with Crippen LogP contribution in [0.3, 0.4) is 0 Å². The van der Waals surface area contributed by atoms with Crippen molar-refractivity contribution in [1.82, 2.24) is 4.98 Å². The van der Waals surface area contributed by atoms with E-state index in [0.717, 1.165) is 12.8 Å². The van der Waals surface area contributed by atoms with Crippen molar-refractivity contribution in [2.24, 2.45) is 5.73 Å². The van der Waals surface area contributed by atoms with E-state index < -0.39 is 0 Å². The zero-order valence-corrected chi connectivity index (χ0v) is 6.60. The molecule has 0 unspecified atom stereocenters. The maximum atomic E-state index is 9.81. The van der Waals surface area contributed by atoms with Crippen LogP contribution in [0.4, 0.5) is 0 Å². The van der Waals surface area contributed by atoms with Crippen LogP contribution in [0.25, 0.3) is 0 Å². The average Bonchev–Trinajstić information content (AvgIpc) is 2.39. The molecule has 10 heavy (non-hydrogen) atoms. The van der Waals surface area contributed by atoms with Gasteiger partial charge in [0.15, 0.2) is 6.29 Å². The molecule has 1 aromatic rings. The molecule has 0 atom stereocenters. The third-order valence-corrected chi connectivity index (χ3v) is 1.18. The van der Waals surface area contributed by atoms with E-state index in [4.69, 9.17) is 5.73 Å². The molecule has 0 fully saturated rings. The molecule has 0 aromatic carbocycles. The molecule has 1 aromatic heterocycles. The van der Waals surface area contributed by atoms with Gasteiger partial charge in [0.25, 0.3) is 0 Å². The van der Waals surface area contributed by atoms with Gasteiger partial charge in [-0.05, 0) is 6.54 Å². The highest BCUT2D eigenvalue weighted by Crippen LogP contribution is 1.95. The first-order valence-corrected chi connectivity index (χ1v) is 3.82. The maximum absolute atomic E-state index is 9.81. The van der Waals surface area contributed by atoms with Crippen molar-refractivity contribution in [3.63, 3.8) is 0 Å². The van der Waals surface area contributed by atoms with E-state index in [-0.39, 0.29) is 0 Å². The topological polar surface area (TPSA) is 56.0 Å². The van der Waals surface area contributed by atoms with Gasteiger partial charge in [-0.25, -0.2) is 4.98 Å². The Labute approximate surface area is 63.9 Å². The molecule has 1 heterocycles. The van der Waals surface area contributed by atoms with Gasteiger partial charge in [-0.15, -0.1) is 11.3 Å². The first-order chi connectivity index (χ1) is 4.85. The average molecular weight is 158 g/mol. The van der Waals surface area contributed by atoms with Gasteiger partial charge in [-0.3, -0.25) is 4.79 Å². The van der Waals surface area contributed by atoms with Crippen LogP contribution in [-0.4, -0.2) is 17.8 Å². The fourth-order valence-corrected chi connectivity index (χ4v) is 0.779. The minimum Gasteiger partial charge on any atom is -0.331 e. The van der Waals surface area contributed by atoms with E-state index in [1.54, 1.807) is 10.9 Å². The minimum absolute atomic E-state index is 0.519. The van der Waals surface area contributed by atoms with E-state index in [0.29, 0.717) is 5.69 Å². The summed E-state index contributed by atoms with van der Waals surface area (Å²) in [5.74, 6) is 0. The SMILES string of the molecule is CCN.O=Cc1cscn1. The maximum Gasteiger partial charge on any atom is 0.169 e. The van der Waals surface area contributed by atoms with E-state index in [9.17, 15) is 4.79 Å². The number of rotatable bonds is 1. The van der Waals surface area contributed by atoms with Crippen LogP contribution in [0, 0.1) is 0 Å². The molecule has 0 aliphatic carbocycles. The summed E-state index contributed by atoms with van der Waals surface area (Å²) in [6, 6.07) is 0. The smallest absolute Gasteiger partial charge is 0.169 e. The molecule has 0 aliphatic heterocycles. The summed E-state index contributed by atoms with van der Waals surface area (Å²) in [6.45, 7) is 2.65. The zero-order chi connectivity index (χ0) is 7.82. The van der Waals surface area contributed by atoms with Crippen LogP contribution in [0.2, 0.25) is 0 Å². The highest BCUT2D eigenvalue weighted by molar-refractivity contribution is 7.07. The number of aldehydes is 1. The lowest BCUT2D eigenvalue weighted by atomic mass is 10.6. The minimum atomic E-state index is 0.519. The number of nitrogens with zero attached hydrogens (tertiary/aromatic N) is 1. The van der Waals surface area contributed by atoms with Crippen LogP contribution < -0.4 is 5.73 Å². The van der Waals surface area contributed by atoms with Crippen LogP contribution >= 0.6 is 11.3 Å². The Morgan fingerprint density at radius 2 is 2.50 bits per heavy atom. The number of aromatic nitrogens is 1. The summed E-state index contributed by atoms with van der Waals surface area (Å²) in [7, 11) is 0. The fourth-order valence-electron chi connectivity index (χ4n) is 0.280. The Balaban J connectivity index is 0.000000236. The monoisotopic (exact) mass is 158 g/mol. The van der Waals surface area contributed by atoms with Crippen molar-refractivity contribution >= 4 is 17.6 Å². The first kappa shape index (κ1) is 9.26. The molecule has 1 rings (SSSR count). The second kappa shape index (κ2) is 6.38. The third-order valence-electron chi connectivity index (χ3n) is 0.572. The summed E-state index contributed by atoms with van der Waals surface area (Å²) >= 11 is 1.42. The van der Waals surface area contributed by atoms with E-state index in [1.807, 2.05) is 6.92 Å². The molecular formula is C6H10N2OS. The van der Waals surface area contributed by atoms with Gasteiger partial charge in [-0.2, -0.15) is 0 Å². The molecule has 2 N–H and O–H groups in total. The van der Waals surface area contributed by atoms with E-state index >= 15 is 0 Å². The van der Waals surface area contributed by atoms with Gasteiger partial charge >= 0.3 is 0 Å². The second-order valence-electron chi connectivity index (χ2n) is 1.44. The molecule has 0 saturated carbocycles. The normalized spacial score (nSPS) is 7.80. The number of hydrogen-bond donors (Lipinski definition) is 1. The van der Waals surface area contributed by atoms with Crippen molar-refractivity contribution in [1.29, 1.82) is 0 Å². The summed E-state index contributed by atoms with van der Waals surface area (Å²) in [6.07, 6.45) is 0.733. The van der Waals surface area contributed by atoms with Gasteiger partial charge in [0.05, 0.1) is 5.51 Å². The Bertz CT molecular complexity index is 162. The molecule has 0 spiro atoms. The van der Waals surface area contributed by atoms with Gasteiger partial charge in [-0.1, -0.05) is 6.92 Å². The van der Waals surface area contributed by atoms with Gasteiger partial charge < -0.3 is 5.73 Å². The van der Waals surface area contributed by atoms with Crippen molar-refractivity contribution in [3.05, 3.63) is 16.6 Å². The highest BCUT2D eigenvalue weighted by Gasteiger charge is 1.84. The molecule has 56 valence electrons. The predicted molar refractivity (Wildman–Crippen MR) is 42.2 cm³/mol. The summed E-state index contributed by atoms with van der Waals surface area (Å²) in [5.41, 5.74) is 6.99. The lowest BCUT2D eigenvalue weighted by molar-refractivity contribution is 0.111. The van der Waals surface area contributed by atoms with E-state index in [2.05, 4.69) is 4.98 Å². The number of carbonyl (C=O) groups excluding carboxylic acids is 1. The van der Waals surface area contributed by atoms with Crippen LogP contribution in [0.5, 0.6) is 0 Å². The Morgan fingerprint density at radius 1 is 1.90 bits per heavy atom. The number of hydrogen-bond acceptors (Lipinski definition) is 4. The molecular weight excluding hydrogens is 148 g/mol. The highest BCUT2D eigenvalue weighted by atomic mass is 32.1. The summed E-state index contributed by atoms with van der Waals surface area (Å²) in [5, 5.41) is 1.70. The number of nitrogens with two attached hydrogens (primary N) is 1. The lowest BCUT2D eigenvalue weighted by Gasteiger charge is -1.65. The van der Waals surface area contributed by atoms with Crippen LogP contribution in [0.15, 0.2) is 10.9 Å². The fraction of sp³-hybridized carbons (Fsp3) is 0.333. The third kappa shape index (κ3) is 4.17. The second-order valence-corrected chi connectivity index (χ2v) is 2.16. The Morgan fingerprint density at radius 3 is 2.70 bits per heavy atom. The molecule has 0 aliphatic rings. The van der Waals surface area contributed by atoms with Crippen molar-refractivity contribution in [2.75, 3.05) is 6.54 Å². The Kier molecular flexibility index (Phi) is 5.91. The first-order valence-electron chi connectivity index (χ1n) is 2.88. The standard InChI is InChI=1S/C4H3NOS.C2H7N/c6-1-4-2-7-3-5-4;1-2-3/h1-3H;2-3H2,1H3. The van der Waals surface area contributed by atoms with Crippen molar-refractivity contribution in [2.45, 2.75) is 6.92 Å². The zero-order valence-electron chi connectivity index (χ0n) is 5.78.